The van der Waals surface area contributed by atoms with Crippen LogP contribution >= 0.6 is 24.0 Å². The van der Waals surface area contributed by atoms with Gasteiger partial charge in [-0.15, -0.1) is 24.0 Å². The van der Waals surface area contributed by atoms with Gasteiger partial charge in [0.2, 0.25) is 0 Å². The number of carbonyl (C=O) groups excluding carboxylic acids is 1. The molecule has 0 radical (unpaired) electrons. The lowest BCUT2D eigenvalue weighted by molar-refractivity contribution is 0.0185. The molecule has 0 bridgehead atoms. The molecule has 0 aliphatic carbocycles. The number of likely N-dealkylation sites (tertiary alicyclic amines) is 1. The maximum absolute atomic E-state index is 12.1. The van der Waals surface area contributed by atoms with E-state index in [1.54, 1.807) is 7.05 Å². The van der Waals surface area contributed by atoms with Crippen LogP contribution < -0.4 is 10.6 Å². The Bertz CT molecular complexity index is 633. The number of hydrogen-bond donors (Lipinski definition) is 2. The summed E-state index contributed by atoms with van der Waals surface area (Å²) in [6.45, 7) is 10.9. The average Bonchev–Trinajstić information content (AvgIpc) is 2.62. The van der Waals surface area contributed by atoms with Crippen LogP contribution in [-0.4, -0.2) is 49.2 Å². The van der Waals surface area contributed by atoms with Crippen LogP contribution in [0.4, 0.5) is 4.79 Å². The van der Waals surface area contributed by atoms with Gasteiger partial charge >= 0.3 is 6.09 Å². The summed E-state index contributed by atoms with van der Waals surface area (Å²) in [4.78, 5) is 18.2. The maximum atomic E-state index is 12.1. The van der Waals surface area contributed by atoms with Gasteiger partial charge in [0.05, 0.1) is 0 Å². The molecule has 1 aliphatic rings. The van der Waals surface area contributed by atoms with E-state index < -0.39 is 5.60 Å². The van der Waals surface area contributed by atoms with Crippen molar-refractivity contribution in [1.29, 1.82) is 0 Å². The van der Waals surface area contributed by atoms with Gasteiger partial charge in [-0.3, -0.25) is 4.99 Å². The van der Waals surface area contributed by atoms with Gasteiger partial charge in [0.25, 0.3) is 0 Å². The average molecular weight is 502 g/mol. The zero-order chi connectivity index (χ0) is 19.9. The third-order valence-corrected chi connectivity index (χ3v) is 4.63. The van der Waals surface area contributed by atoms with Gasteiger partial charge in [0.15, 0.2) is 5.96 Å². The molecule has 2 rings (SSSR count). The van der Waals surface area contributed by atoms with Gasteiger partial charge in [-0.1, -0.05) is 29.8 Å². The summed E-state index contributed by atoms with van der Waals surface area (Å²) < 4.78 is 5.45. The summed E-state index contributed by atoms with van der Waals surface area (Å²) >= 11 is 0. The molecule has 0 atom stereocenters. The van der Waals surface area contributed by atoms with E-state index in [1.165, 1.54) is 11.1 Å². The highest BCUT2D eigenvalue weighted by Crippen LogP contribution is 2.19. The maximum Gasteiger partial charge on any atom is 0.410 e. The number of guanidine groups is 1. The molecule has 1 amide bonds. The Morgan fingerprint density at radius 1 is 1.18 bits per heavy atom. The summed E-state index contributed by atoms with van der Waals surface area (Å²) in [7, 11) is 1.79. The van der Waals surface area contributed by atoms with Crippen LogP contribution in [0.25, 0.3) is 0 Å². The fraction of sp³-hybridized carbons (Fsp3) is 0.619. The topological polar surface area (TPSA) is 66.0 Å². The second-order valence-corrected chi connectivity index (χ2v) is 8.20. The first-order valence-electron chi connectivity index (χ1n) is 9.75. The Balaban J connectivity index is 0.00000392. The van der Waals surface area contributed by atoms with Crippen LogP contribution in [0.1, 0.15) is 44.7 Å². The number of nitrogens with one attached hydrogen (secondary N) is 2. The number of aryl methyl sites for hydroxylation is 1. The molecule has 0 saturated carbocycles. The Labute approximate surface area is 186 Å². The minimum atomic E-state index is -0.439. The second kappa shape index (κ2) is 11.5. The number of rotatable bonds is 4. The van der Waals surface area contributed by atoms with Crippen molar-refractivity contribution in [3.8, 4) is 0 Å². The molecule has 2 N–H and O–H groups in total. The zero-order valence-electron chi connectivity index (χ0n) is 17.7. The lowest BCUT2D eigenvalue weighted by atomic mass is 9.97. The molecule has 1 fully saturated rings. The van der Waals surface area contributed by atoms with Gasteiger partial charge in [-0.2, -0.15) is 0 Å². The number of piperidine rings is 1. The number of hydrogen-bond acceptors (Lipinski definition) is 3. The van der Waals surface area contributed by atoms with E-state index in [4.69, 9.17) is 4.74 Å². The van der Waals surface area contributed by atoms with Gasteiger partial charge in [0, 0.05) is 33.2 Å². The van der Waals surface area contributed by atoms with Crippen LogP contribution in [-0.2, 0) is 11.3 Å². The van der Waals surface area contributed by atoms with Crippen molar-refractivity contribution in [2.75, 3.05) is 26.7 Å². The number of halogens is 1. The lowest BCUT2D eigenvalue weighted by Crippen LogP contribution is -2.45. The number of carbonyl (C=O) groups is 1. The van der Waals surface area contributed by atoms with Gasteiger partial charge in [0.1, 0.15) is 5.60 Å². The fourth-order valence-corrected chi connectivity index (χ4v) is 3.00. The van der Waals surface area contributed by atoms with Gasteiger partial charge in [-0.05, 0) is 52.0 Å². The molecule has 1 aliphatic heterocycles. The lowest BCUT2D eigenvalue weighted by Gasteiger charge is -2.33. The van der Waals surface area contributed by atoms with E-state index in [0.717, 1.165) is 45.0 Å². The van der Waals surface area contributed by atoms with Crippen molar-refractivity contribution in [2.45, 2.75) is 52.7 Å². The Morgan fingerprint density at radius 2 is 1.79 bits per heavy atom. The summed E-state index contributed by atoms with van der Waals surface area (Å²) in [6, 6.07) is 8.49. The van der Waals surface area contributed by atoms with Crippen LogP contribution in [0.5, 0.6) is 0 Å². The van der Waals surface area contributed by atoms with E-state index in [9.17, 15) is 4.79 Å². The molecule has 158 valence electrons. The SMILES string of the molecule is CN=C(NCc1ccc(C)cc1)NCC1CCN(C(=O)OC(C)(C)C)CC1.I. The first-order chi connectivity index (χ1) is 12.8. The highest BCUT2D eigenvalue weighted by molar-refractivity contribution is 14.0. The van der Waals surface area contributed by atoms with Crippen molar-refractivity contribution >= 4 is 36.0 Å². The number of nitrogens with zero attached hydrogens (tertiary/aromatic N) is 2. The van der Waals surface area contributed by atoms with Crippen LogP contribution in [0.2, 0.25) is 0 Å². The van der Waals surface area contributed by atoms with Crippen molar-refractivity contribution in [2.24, 2.45) is 10.9 Å². The van der Waals surface area contributed by atoms with Crippen molar-refractivity contribution in [3.63, 3.8) is 0 Å². The molecule has 28 heavy (non-hydrogen) atoms. The van der Waals surface area contributed by atoms with E-state index >= 15 is 0 Å². The quantitative estimate of drug-likeness (QED) is 0.372. The Kier molecular flexibility index (Phi) is 10.1. The third kappa shape index (κ3) is 8.67. The summed E-state index contributed by atoms with van der Waals surface area (Å²) in [6.07, 6.45) is 1.74. The molecule has 1 aromatic rings. The van der Waals surface area contributed by atoms with Gasteiger partial charge in [-0.25, -0.2) is 4.79 Å². The van der Waals surface area contributed by atoms with Gasteiger partial charge < -0.3 is 20.3 Å². The smallest absolute Gasteiger partial charge is 0.410 e. The molecule has 0 aromatic heterocycles. The van der Waals surface area contributed by atoms with E-state index in [1.807, 2.05) is 25.7 Å². The number of aliphatic imine (C=N–C) groups is 1. The zero-order valence-corrected chi connectivity index (χ0v) is 20.1. The van der Waals surface area contributed by atoms with E-state index in [2.05, 4.69) is 46.8 Å². The van der Waals surface area contributed by atoms with Crippen molar-refractivity contribution in [1.82, 2.24) is 15.5 Å². The summed E-state index contributed by atoms with van der Waals surface area (Å²) in [5.41, 5.74) is 2.05. The molecular weight excluding hydrogens is 467 g/mol. The fourth-order valence-electron chi connectivity index (χ4n) is 3.00. The molecule has 7 heteroatoms. The highest BCUT2D eigenvalue weighted by Gasteiger charge is 2.26. The third-order valence-electron chi connectivity index (χ3n) is 4.63. The molecule has 6 nitrogen and oxygen atoms in total. The molecule has 1 aromatic carbocycles. The first-order valence-corrected chi connectivity index (χ1v) is 9.75. The first kappa shape index (κ1) is 24.5. The number of benzene rings is 1. The summed E-state index contributed by atoms with van der Waals surface area (Å²) in [5, 5.41) is 6.76. The standard InChI is InChI=1S/C21H34N4O2.HI/c1-16-6-8-17(9-7-16)14-23-19(22-5)24-15-18-10-12-25(13-11-18)20(26)27-21(2,3)4;/h6-9,18H,10-15H2,1-5H3,(H2,22,23,24);1H. The normalized spacial score (nSPS) is 15.6. The predicted octanol–water partition coefficient (Wildman–Crippen LogP) is 3.93. The number of amides is 1. The Morgan fingerprint density at radius 3 is 2.32 bits per heavy atom. The van der Waals surface area contributed by atoms with Crippen LogP contribution in [0, 0.1) is 12.8 Å². The highest BCUT2D eigenvalue weighted by atomic mass is 127. The summed E-state index contributed by atoms with van der Waals surface area (Å²) in [5.74, 6) is 1.34. The second-order valence-electron chi connectivity index (χ2n) is 8.20. The minimum Gasteiger partial charge on any atom is -0.444 e. The van der Waals surface area contributed by atoms with Crippen molar-refractivity contribution < 1.29 is 9.53 Å². The largest absolute Gasteiger partial charge is 0.444 e. The molecule has 0 spiro atoms. The predicted molar refractivity (Wildman–Crippen MR) is 125 cm³/mol. The minimum absolute atomic E-state index is 0. The van der Waals surface area contributed by atoms with E-state index in [0.29, 0.717) is 5.92 Å². The molecule has 1 saturated heterocycles. The molecule has 1 heterocycles. The number of ether oxygens (including phenoxy) is 1. The molecule has 0 unspecified atom stereocenters. The van der Waals surface area contributed by atoms with Crippen LogP contribution in [0.3, 0.4) is 0 Å². The Hall–Kier alpha value is -1.51. The monoisotopic (exact) mass is 502 g/mol. The molecular formula is C21H35IN4O2. The van der Waals surface area contributed by atoms with Crippen molar-refractivity contribution in [3.05, 3.63) is 35.4 Å². The van der Waals surface area contributed by atoms with E-state index in [-0.39, 0.29) is 30.1 Å². The van der Waals surface area contributed by atoms with Crippen LogP contribution in [0.15, 0.2) is 29.3 Å².